The van der Waals surface area contributed by atoms with Crippen LogP contribution in [0.4, 0.5) is 22.7 Å². The van der Waals surface area contributed by atoms with E-state index in [-0.39, 0.29) is 24.1 Å². The summed E-state index contributed by atoms with van der Waals surface area (Å²) in [5.74, 6) is 0.0526. The average molecular weight is 594 g/mol. The highest BCUT2D eigenvalue weighted by molar-refractivity contribution is 6.18. The Morgan fingerprint density at radius 1 is 0.829 bits per heavy atom. The summed E-state index contributed by atoms with van der Waals surface area (Å²) >= 11 is 11.8. The van der Waals surface area contributed by atoms with Crippen LogP contribution in [0.15, 0.2) is 85.3 Å². The third-order valence-electron chi connectivity index (χ3n) is 6.19. The van der Waals surface area contributed by atoms with Gasteiger partial charge in [-0.15, -0.1) is 23.2 Å². The average Bonchev–Trinajstić information content (AvgIpc) is 3.33. The highest BCUT2D eigenvalue weighted by Gasteiger charge is 2.15. The number of amides is 3. The molecule has 0 spiro atoms. The van der Waals surface area contributed by atoms with E-state index in [1.54, 1.807) is 66.6 Å². The molecule has 0 saturated carbocycles. The first-order chi connectivity index (χ1) is 19.9. The Labute approximate surface area is 248 Å². The van der Waals surface area contributed by atoms with Gasteiger partial charge in [-0.25, -0.2) is 0 Å². The number of nitrogens with zero attached hydrogens (tertiary/aromatic N) is 3. The summed E-state index contributed by atoms with van der Waals surface area (Å²) in [7, 11) is 1.72. The number of anilines is 4. The molecule has 9 nitrogen and oxygen atoms in total. The standard InChI is InChI=1S/C30H30Cl2N6O3/c1-37-20-25(18-27(37)30(41)35-23-7-9-26(10-8-23)38(14-11-31)15-12-32)36-29(40)22-5-2-6-24(17-22)34-28(39)16-21-4-3-13-33-19-21/h2-10,13,17-20H,11-12,14-16H2,1H3,(H,34,39)(H,35,41)(H,36,40). The highest BCUT2D eigenvalue weighted by Crippen LogP contribution is 2.21. The van der Waals surface area contributed by atoms with E-state index in [1.807, 2.05) is 30.3 Å². The van der Waals surface area contributed by atoms with Crippen LogP contribution in [0.2, 0.25) is 0 Å². The number of carbonyl (C=O) groups excluding carboxylic acids is 3. The van der Waals surface area contributed by atoms with E-state index >= 15 is 0 Å². The summed E-state index contributed by atoms with van der Waals surface area (Å²) in [5, 5.41) is 8.50. The fraction of sp³-hybridized carbons (Fsp3) is 0.200. The van der Waals surface area contributed by atoms with Crippen molar-refractivity contribution in [1.29, 1.82) is 0 Å². The first-order valence-electron chi connectivity index (χ1n) is 12.9. The van der Waals surface area contributed by atoms with Gasteiger partial charge in [0.15, 0.2) is 0 Å². The van der Waals surface area contributed by atoms with Crippen LogP contribution in [0.25, 0.3) is 0 Å². The van der Waals surface area contributed by atoms with Crippen molar-refractivity contribution in [3.8, 4) is 0 Å². The van der Waals surface area contributed by atoms with Crippen molar-refractivity contribution < 1.29 is 14.4 Å². The van der Waals surface area contributed by atoms with Crippen molar-refractivity contribution in [3.05, 3.63) is 102 Å². The maximum Gasteiger partial charge on any atom is 0.272 e. The molecule has 0 bridgehead atoms. The Morgan fingerprint density at radius 2 is 1.56 bits per heavy atom. The van der Waals surface area contributed by atoms with Gasteiger partial charge in [0.25, 0.3) is 11.8 Å². The molecule has 2 aromatic carbocycles. The third kappa shape index (κ3) is 8.33. The van der Waals surface area contributed by atoms with Gasteiger partial charge in [0.1, 0.15) is 5.69 Å². The SMILES string of the molecule is Cn1cc(NC(=O)c2cccc(NC(=O)Cc3cccnc3)c2)cc1C(=O)Nc1ccc(N(CCCl)CCCl)cc1. The number of carbonyl (C=O) groups is 3. The van der Waals surface area contributed by atoms with Crippen molar-refractivity contribution in [3.63, 3.8) is 0 Å². The van der Waals surface area contributed by atoms with Crippen molar-refractivity contribution in [2.75, 3.05) is 45.7 Å². The summed E-state index contributed by atoms with van der Waals surface area (Å²) in [5.41, 5.74) is 4.06. The van der Waals surface area contributed by atoms with Gasteiger partial charge >= 0.3 is 0 Å². The molecule has 2 aromatic heterocycles. The Morgan fingerprint density at radius 3 is 2.24 bits per heavy atom. The molecule has 11 heteroatoms. The van der Waals surface area contributed by atoms with Gasteiger partial charge in [-0.05, 0) is 60.2 Å². The van der Waals surface area contributed by atoms with Gasteiger partial charge < -0.3 is 25.4 Å². The monoisotopic (exact) mass is 592 g/mol. The zero-order valence-electron chi connectivity index (χ0n) is 22.4. The van der Waals surface area contributed by atoms with Crippen LogP contribution >= 0.6 is 23.2 Å². The van der Waals surface area contributed by atoms with E-state index in [2.05, 4.69) is 25.8 Å². The number of aromatic nitrogens is 2. The molecule has 2 heterocycles. The van der Waals surface area contributed by atoms with Crippen LogP contribution in [0.3, 0.4) is 0 Å². The minimum Gasteiger partial charge on any atom is -0.369 e. The Balaban J connectivity index is 1.36. The molecular formula is C30H30Cl2N6O3. The van der Waals surface area contributed by atoms with E-state index in [4.69, 9.17) is 23.2 Å². The molecule has 4 aromatic rings. The number of pyridine rings is 1. The molecule has 0 saturated heterocycles. The van der Waals surface area contributed by atoms with E-state index < -0.39 is 0 Å². The predicted octanol–water partition coefficient (Wildman–Crippen LogP) is 5.39. The van der Waals surface area contributed by atoms with Crippen molar-refractivity contribution in [1.82, 2.24) is 9.55 Å². The van der Waals surface area contributed by atoms with Crippen LogP contribution in [0.5, 0.6) is 0 Å². The molecule has 0 atom stereocenters. The largest absolute Gasteiger partial charge is 0.369 e. The van der Waals surface area contributed by atoms with Crippen LogP contribution in [0, 0.1) is 0 Å². The van der Waals surface area contributed by atoms with Gasteiger partial charge in [0.2, 0.25) is 5.91 Å². The minimum atomic E-state index is -0.375. The Bertz CT molecular complexity index is 1490. The fourth-order valence-corrected chi connectivity index (χ4v) is 4.63. The van der Waals surface area contributed by atoms with Gasteiger partial charge in [-0.1, -0.05) is 12.1 Å². The second-order valence-electron chi connectivity index (χ2n) is 9.21. The fourth-order valence-electron chi connectivity index (χ4n) is 4.22. The topological polar surface area (TPSA) is 108 Å². The molecule has 0 aliphatic heterocycles. The maximum atomic E-state index is 13.0. The maximum absolute atomic E-state index is 13.0. The van der Waals surface area contributed by atoms with E-state index in [0.717, 1.165) is 11.3 Å². The van der Waals surface area contributed by atoms with Gasteiger partial charge in [-0.3, -0.25) is 19.4 Å². The van der Waals surface area contributed by atoms with Gasteiger partial charge in [0, 0.05) is 73.1 Å². The lowest BCUT2D eigenvalue weighted by Gasteiger charge is -2.23. The molecule has 3 amide bonds. The quantitative estimate of drug-likeness (QED) is 0.191. The molecule has 0 aliphatic carbocycles. The molecule has 41 heavy (non-hydrogen) atoms. The lowest BCUT2D eigenvalue weighted by atomic mass is 10.1. The minimum absolute atomic E-state index is 0.170. The highest BCUT2D eigenvalue weighted by atomic mass is 35.5. The zero-order valence-corrected chi connectivity index (χ0v) is 24.0. The summed E-state index contributed by atoms with van der Waals surface area (Å²) < 4.78 is 1.64. The first kappa shape index (κ1) is 29.6. The van der Waals surface area contributed by atoms with E-state index in [9.17, 15) is 14.4 Å². The molecule has 212 valence electrons. The predicted molar refractivity (Wildman–Crippen MR) is 164 cm³/mol. The summed E-state index contributed by atoms with van der Waals surface area (Å²) in [4.78, 5) is 44.4. The van der Waals surface area contributed by atoms with Crippen LogP contribution in [-0.2, 0) is 18.3 Å². The number of benzene rings is 2. The van der Waals surface area contributed by atoms with Crippen molar-refractivity contribution in [2.24, 2.45) is 7.05 Å². The summed E-state index contributed by atoms with van der Waals surface area (Å²) in [6.07, 6.45) is 5.11. The second kappa shape index (κ2) is 14.3. The molecule has 0 unspecified atom stereocenters. The lowest BCUT2D eigenvalue weighted by molar-refractivity contribution is -0.115. The smallest absolute Gasteiger partial charge is 0.272 e. The number of hydrogen-bond donors (Lipinski definition) is 3. The zero-order chi connectivity index (χ0) is 29.2. The van der Waals surface area contributed by atoms with Crippen LogP contribution in [-0.4, -0.2) is 52.1 Å². The Hall–Kier alpha value is -4.34. The van der Waals surface area contributed by atoms with Gasteiger partial charge in [0.05, 0.1) is 12.1 Å². The number of hydrogen-bond acceptors (Lipinski definition) is 5. The van der Waals surface area contributed by atoms with Crippen molar-refractivity contribution >= 4 is 63.7 Å². The molecule has 0 aliphatic rings. The number of rotatable bonds is 12. The summed E-state index contributed by atoms with van der Waals surface area (Å²) in [6, 6.07) is 19.3. The van der Waals surface area contributed by atoms with Crippen LogP contribution < -0.4 is 20.9 Å². The molecule has 0 radical (unpaired) electrons. The number of aryl methyl sites for hydroxylation is 1. The Kier molecular flexibility index (Phi) is 10.4. The van der Waals surface area contributed by atoms with Crippen LogP contribution in [0.1, 0.15) is 26.4 Å². The number of halogens is 2. The van der Waals surface area contributed by atoms with Crippen molar-refractivity contribution in [2.45, 2.75) is 6.42 Å². The molecule has 4 rings (SSSR count). The molecule has 3 N–H and O–H groups in total. The number of nitrogens with one attached hydrogen (secondary N) is 3. The van der Waals surface area contributed by atoms with E-state index in [0.29, 0.717) is 53.2 Å². The first-order valence-corrected chi connectivity index (χ1v) is 14.0. The normalized spacial score (nSPS) is 10.6. The third-order valence-corrected chi connectivity index (χ3v) is 6.53. The molecular weight excluding hydrogens is 563 g/mol. The lowest BCUT2D eigenvalue weighted by Crippen LogP contribution is -2.27. The molecule has 0 fully saturated rings. The van der Waals surface area contributed by atoms with E-state index in [1.165, 1.54) is 0 Å². The number of alkyl halides is 2. The van der Waals surface area contributed by atoms with Gasteiger partial charge in [-0.2, -0.15) is 0 Å². The summed E-state index contributed by atoms with van der Waals surface area (Å²) in [6.45, 7) is 1.34. The second-order valence-corrected chi connectivity index (χ2v) is 9.97.